The number of ether oxygens (including phenoxy) is 2. The summed E-state index contributed by atoms with van der Waals surface area (Å²) in [6.45, 7) is 11.6. The van der Waals surface area contributed by atoms with Crippen LogP contribution >= 0.6 is 0 Å². The summed E-state index contributed by atoms with van der Waals surface area (Å²) in [6, 6.07) is 4.82. The number of hydrogen-bond donors (Lipinski definition) is 1. The third kappa shape index (κ3) is 5.79. The minimum atomic E-state index is -4.81. The zero-order chi connectivity index (χ0) is 28.5. The number of halogens is 4. The van der Waals surface area contributed by atoms with Gasteiger partial charge in [0.25, 0.3) is 0 Å². The van der Waals surface area contributed by atoms with Gasteiger partial charge < -0.3 is 19.7 Å². The summed E-state index contributed by atoms with van der Waals surface area (Å²) in [7, 11) is 1.70. The van der Waals surface area contributed by atoms with Crippen molar-refractivity contribution in [2.75, 3.05) is 32.1 Å². The van der Waals surface area contributed by atoms with Crippen LogP contribution in [-0.2, 0) is 16.5 Å². The average Bonchev–Trinajstić information content (AvgIpc) is 2.87. The van der Waals surface area contributed by atoms with E-state index >= 15 is 0 Å². The van der Waals surface area contributed by atoms with E-state index in [1.165, 1.54) is 12.1 Å². The number of piperidine rings is 1. The molecule has 1 aromatic carbocycles. The third-order valence-corrected chi connectivity index (χ3v) is 7.50. The number of methoxy groups -OCH3 is 1. The molecule has 1 atom stereocenters. The van der Waals surface area contributed by atoms with E-state index in [1.807, 2.05) is 13.0 Å². The highest BCUT2D eigenvalue weighted by molar-refractivity contribution is 5.88. The Labute approximate surface area is 225 Å². The molecule has 0 aliphatic carbocycles. The number of aromatic nitrogens is 3. The summed E-state index contributed by atoms with van der Waals surface area (Å²) in [5.41, 5.74) is 0.00120. The number of anilines is 1. The highest BCUT2D eigenvalue weighted by Gasteiger charge is 2.39. The van der Waals surface area contributed by atoms with E-state index in [4.69, 9.17) is 14.5 Å². The van der Waals surface area contributed by atoms with E-state index in [-0.39, 0.29) is 17.4 Å². The molecule has 1 N–H and O–H groups in total. The van der Waals surface area contributed by atoms with E-state index in [0.29, 0.717) is 23.7 Å². The molecular weight excluding hydrogens is 514 g/mol. The quantitative estimate of drug-likeness (QED) is 0.326. The van der Waals surface area contributed by atoms with Crippen LogP contribution in [0, 0.1) is 12.7 Å². The fraction of sp³-hybridized carbons (Fsp3) is 0.536. The molecule has 212 valence electrons. The van der Waals surface area contributed by atoms with Gasteiger partial charge in [-0.2, -0.15) is 23.1 Å². The number of pyridine rings is 1. The van der Waals surface area contributed by atoms with Gasteiger partial charge in [-0.15, -0.1) is 0 Å². The number of rotatable bonds is 8. The van der Waals surface area contributed by atoms with Crippen LogP contribution in [0.2, 0.25) is 0 Å². The minimum Gasteiger partial charge on any atom is -0.464 e. The van der Waals surface area contributed by atoms with E-state index in [9.17, 15) is 17.6 Å². The summed E-state index contributed by atoms with van der Waals surface area (Å²) < 4.78 is 66.6. The minimum absolute atomic E-state index is 0.0653. The molecule has 1 aliphatic heterocycles. The lowest BCUT2D eigenvalue weighted by Gasteiger charge is -2.43. The smallest absolute Gasteiger partial charge is 0.419 e. The van der Waals surface area contributed by atoms with Gasteiger partial charge in [-0.05, 0) is 59.6 Å². The first-order valence-electron chi connectivity index (χ1n) is 13.1. The van der Waals surface area contributed by atoms with Gasteiger partial charge in [0, 0.05) is 43.1 Å². The second-order valence-corrected chi connectivity index (χ2v) is 10.2. The average molecular weight is 550 g/mol. The van der Waals surface area contributed by atoms with Gasteiger partial charge in [-0.1, -0.05) is 12.1 Å². The van der Waals surface area contributed by atoms with Gasteiger partial charge in [-0.25, -0.2) is 9.37 Å². The fourth-order valence-corrected chi connectivity index (χ4v) is 5.26. The Hall–Kier alpha value is -3.05. The van der Waals surface area contributed by atoms with Gasteiger partial charge in [0.05, 0.1) is 29.2 Å². The zero-order valence-corrected chi connectivity index (χ0v) is 23.1. The molecule has 1 saturated heterocycles. The lowest BCUT2D eigenvalue weighted by molar-refractivity contribution is -0.140. The lowest BCUT2D eigenvalue weighted by Crippen LogP contribution is -2.46. The Morgan fingerprint density at radius 3 is 2.38 bits per heavy atom. The molecule has 3 aromatic rings. The number of hydrogen-bond acceptors (Lipinski definition) is 7. The van der Waals surface area contributed by atoms with E-state index < -0.39 is 29.2 Å². The number of fused-ring (bicyclic) bond motifs is 1. The monoisotopic (exact) mass is 549 g/mol. The molecule has 0 unspecified atom stereocenters. The maximum absolute atomic E-state index is 14.9. The van der Waals surface area contributed by atoms with E-state index in [2.05, 4.69) is 34.0 Å². The largest absolute Gasteiger partial charge is 0.464 e. The molecule has 1 aliphatic rings. The van der Waals surface area contributed by atoms with Gasteiger partial charge in [0.1, 0.15) is 11.6 Å². The molecule has 1 fully saturated rings. The second kappa shape index (κ2) is 11.2. The van der Waals surface area contributed by atoms with Gasteiger partial charge in [0.2, 0.25) is 0 Å². The number of benzene rings is 1. The SMILES string of the molecule is CCOc1nc(N[C@H](C)c2cccc(C(F)(F)F)c2F)c2cc(C3(OC)CCN(C(C)C)CC3)c(C)nc2n1. The Morgan fingerprint density at radius 2 is 1.79 bits per heavy atom. The molecule has 2 aromatic heterocycles. The molecule has 0 spiro atoms. The molecule has 7 nitrogen and oxygen atoms in total. The highest BCUT2D eigenvalue weighted by atomic mass is 19.4. The van der Waals surface area contributed by atoms with Crippen LogP contribution in [0.4, 0.5) is 23.4 Å². The Balaban J connectivity index is 1.79. The molecule has 0 saturated carbocycles. The fourth-order valence-electron chi connectivity index (χ4n) is 5.26. The van der Waals surface area contributed by atoms with Crippen LogP contribution in [0.1, 0.15) is 69.0 Å². The topological polar surface area (TPSA) is 72.4 Å². The molecule has 3 heterocycles. The Kier molecular flexibility index (Phi) is 8.32. The summed E-state index contributed by atoms with van der Waals surface area (Å²) >= 11 is 0. The normalized spacial score (nSPS) is 17.0. The lowest BCUT2D eigenvalue weighted by atomic mass is 9.82. The van der Waals surface area contributed by atoms with Gasteiger partial charge in [0.15, 0.2) is 5.65 Å². The van der Waals surface area contributed by atoms with Crippen molar-refractivity contribution in [2.24, 2.45) is 0 Å². The van der Waals surface area contributed by atoms with Crippen LogP contribution in [0.5, 0.6) is 6.01 Å². The van der Waals surface area contributed by atoms with Crippen molar-refractivity contribution in [3.8, 4) is 6.01 Å². The molecule has 11 heteroatoms. The number of likely N-dealkylation sites (tertiary alicyclic amines) is 1. The van der Waals surface area contributed by atoms with Crippen molar-refractivity contribution in [1.82, 2.24) is 19.9 Å². The van der Waals surface area contributed by atoms with Crippen LogP contribution in [-0.4, -0.2) is 52.7 Å². The van der Waals surface area contributed by atoms with Crippen LogP contribution in [0.25, 0.3) is 11.0 Å². The predicted octanol–water partition coefficient (Wildman–Crippen LogP) is 6.41. The molecule has 39 heavy (non-hydrogen) atoms. The van der Waals surface area contributed by atoms with Crippen LogP contribution < -0.4 is 10.1 Å². The van der Waals surface area contributed by atoms with Crippen LogP contribution in [0.15, 0.2) is 24.3 Å². The maximum atomic E-state index is 14.9. The predicted molar refractivity (Wildman–Crippen MR) is 141 cm³/mol. The number of alkyl halides is 3. The Morgan fingerprint density at radius 1 is 1.10 bits per heavy atom. The summed E-state index contributed by atoms with van der Waals surface area (Å²) in [5.74, 6) is -1.04. The van der Waals surface area contributed by atoms with Crippen LogP contribution in [0.3, 0.4) is 0 Å². The molecule has 0 bridgehead atoms. The van der Waals surface area contributed by atoms with Crippen molar-refractivity contribution in [2.45, 2.75) is 71.3 Å². The molecule has 0 radical (unpaired) electrons. The first-order valence-corrected chi connectivity index (χ1v) is 13.1. The molecule has 0 amide bonds. The third-order valence-electron chi connectivity index (χ3n) is 7.50. The standard InChI is InChI=1S/C28H35F4N5O2/c1-7-39-26-35-24(33-17(4)19-9-8-10-21(23(19)29)28(30,31)32)20-15-22(18(5)34-25(20)36-26)27(38-6)11-13-37(14-12-27)16(2)3/h8-10,15-17H,7,11-14H2,1-6H3,(H,33,34,35,36)/t17-/m1/s1. The zero-order valence-electron chi connectivity index (χ0n) is 23.1. The van der Waals surface area contributed by atoms with E-state index in [0.717, 1.165) is 43.3 Å². The summed E-state index contributed by atoms with van der Waals surface area (Å²) in [5, 5.41) is 3.64. The van der Waals surface area contributed by atoms with Crippen molar-refractivity contribution in [3.63, 3.8) is 0 Å². The van der Waals surface area contributed by atoms with Crippen molar-refractivity contribution >= 4 is 16.9 Å². The highest BCUT2D eigenvalue weighted by Crippen LogP contribution is 2.40. The summed E-state index contributed by atoms with van der Waals surface area (Å²) in [6.07, 6.45) is -3.27. The number of aryl methyl sites for hydroxylation is 1. The van der Waals surface area contributed by atoms with Crippen molar-refractivity contribution in [1.29, 1.82) is 0 Å². The first-order chi connectivity index (χ1) is 18.4. The first kappa shape index (κ1) is 28.9. The van der Waals surface area contributed by atoms with Gasteiger partial charge >= 0.3 is 12.2 Å². The maximum Gasteiger partial charge on any atom is 0.419 e. The second-order valence-electron chi connectivity index (χ2n) is 10.2. The molecule has 4 rings (SSSR count). The van der Waals surface area contributed by atoms with Crippen molar-refractivity contribution in [3.05, 3.63) is 52.5 Å². The number of nitrogens with zero attached hydrogens (tertiary/aromatic N) is 4. The van der Waals surface area contributed by atoms with Crippen molar-refractivity contribution < 1.29 is 27.0 Å². The van der Waals surface area contributed by atoms with E-state index in [1.54, 1.807) is 21.0 Å². The molecular formula is C28H35F4N5O2. The summed E-state index contributed by atoms with van der Waals surface area (Å²) in [4.78, 5) is 16.1. The Bertz CT molecular complexity index is 1320. The van der Waals surface area contributed by atoms with Gasteiger partial charge in [-0.3, -0.25) is 0 Å². The number of nitrogens with one attached hydrogen (secondary N) is 1.